The first kappa shape index (κ1) is 11.7. The lowest BCUT2D eigenvalue weighted by atomic mass is 9.96. The number of likely N-dealkylation sites (tertiary alicyclic amines) is 1. The Hall–Kier alpha value is -1.35. The van der Waals surface area contributed by atoms with Crippen LogP contribution in [0.4, 0.5) is 0 Å². The molecule has 1 amide bonds. The van der Waals surface area contributed by atoms with Gasteiger partial charge in [-0.15, -0.1) is 0 Å². The van der Waals surface area contributed by atoms with Gasteiger partial charge in [-0.3, -0.25) is 4.79 Å². The van der Waals surface area contributed by atoms with E-state index in [0.29, 0.717) is 5.91 Å². The van der Waals surface area contributed by atoms with Gasteiger partial charge in [0.25, 0.3) is 0 Å². The highest BCUT2D eigenvalue weighted by Gasteiger charge is 2.49. The van der Waals surface area contributed by atoms with E-state index >= 15 is 0 Å². The second-order valence-corrected chi connectivity index (χ2v) is 5.45. The highest BCUT2D eigenvalue weighted by atomic mass is 16.2. The molecule has 2 aliphatic heterocycles. The molecule has 0 saturated carbocycles. The van der Waals surface area contributed by atoms with Gasteiger partial charge in [-0.25, -0.2) is 0 Å². The number of nitrogens with zero attached hydrogens (tertiary/aromatic N) is 1. The first-order valence-electron chi connectivity index (χ1n) is 6.84. The van der Waals surface area contributed by atoms with Crippen LogP contribution in [0.15, 0.2) is 30.3 Å². The monoisotopic (exact) mass is 244 g/mol. The largest absolute Gasteiger partial charge is 0.334 e. The van der Waals surface area contributed by atoms with E-state index < -0.39 is 0 Å². The summed E-state index contributed by atoms with van der Waals surface area (Å²) < 4.78 is 0. The fourth-order valence-corrected chi connectivity index (χ4v) is 3.28. The minimum absolute atomic E-state index is 0.181. The Kier molecular flexibility index (Phi) is 2.86. The van der Waals surface area contributed by atoms with Crippen LogP contribution in [0.2, 0.25) is 0 Å². The number of hydrogen-bond acceptors (Lipinski definition) is 2. The maximum absolute atomic E-state index is 12.6. The number of carbonyl (C=O) groups excluding carboxylic acids is 1. The molecule has 2 fully saturated rings. The predicted octanol–water partition coefficient (Wildman–Crippen LogP) is 2.10. The molecule has 0 aromatic heterocycles. The highest BCUT2D eigenvalue weighted by molar-refractivity contribution is 5.89. The van der Waals surface area contributed by atoms with Gasteiger partial charge >= 0.3 is 0 Å². The van der Waals surface area contributed by atoms with Crippen molar-refractivity contribution in [2.75, 3.05) is 13.1 Å². The number of hydrogen-bond donors (Lipinski definition) is 1. The summed E-state index contributed by atoms with van der Waals surface area (Å²) in [6.07, 6.45) is 3.09. The van der Waals surface area contributed by atoms with Crippen molar-refractivity contribution in [1.29, 1.82) is 0 Å². The van der Waals surface area contributed by atoms with Crippen molar-refractivity contribution >= 4 is 5.91 Å². The summed E-state index contributed by atoms with van der Waals surface area (Å²) in [5.41, 5.74) is 0.990. The van der Waals surface area contributed by atoms with E-state index in [-0.39, 0.29) is 11.6 Å². The van der Waals surface area contributed by atoms with Gasteiger partial charge in [-0.1, -0.05) is 30.3 Å². The molecule has 2 heterocycles. The van der Waals surface area contributed by atoms with Crippen LogP contribution in [0.5, 0.6) is 0 Å². The van der Waals surface area contributed by atoms with Gasteiger partial charge in [0, 0.05) is 6.54 Å². The van der Waals surface area contributed by atoms with Gasteiger partial charge in [0.1, 0.15) is 0 Å². The van der Waals surface area contributed by atoms with Gasteiger partial charge in [0.2, 0.25) is 5.91 Å². The summed E-state index contributed by atoms with van der Waals surface area (Å²) in [5, 5.41) is 3.43. The summed E-state index contributed by atoms with van der Waals surface area (Å²) in [4.78, 5) is 14.6. The van der Waals surface area contributed by atoms with E-state index in [9.17, 15) is 4.79 Å². The Labute approximate surface area is 108 Å². The molecule has 1 aromatic carbocycles. The summed E-state index contributed by atoms with van der Waals surface area (Å²) in [5.74, 6) is 0.302. The molecule has 2 atom stereocenters. The molecule has 3 rings (SSSR count). The first-order valence-corrected chi connectivity index (χ1v) is 6.84. The van der Waals surface area contributed by atoms with Gasteiger partial charge in [0.05, 0.1) is 11.6 Å². The van der Waals surface area contributed by atoms with Crippen molar-refractivity contribution in [3.8, 4) is 0 Å². The van der Waals surface area contributed by atoms with Crippen LogP contribution in [0.1, 0.15) is 37.8 Å². The predicted molar refractivity (Wildman–Crippen MR) is 71.2 cm³/mol. The fourth-order valence-electron chi connectivity index (χ4n) is 3.28. The normalized spacial score (nSPS) is 29.2. The standard InChI is InChI=1S/C15H20N2O/c1-12(13-6-3-2-4-7-13)17-11-9-15(14(17)18)8-5-10-16-15/h2-4,6-7,12,16H,5,8-11H2,1H3/t12?,15-/m0/s1. The van der Waals surface area contributed by atoms with Crippen molar-refractivity contribution in [3.63, 3.8) is 0 Å². The number of nitrogens with one attached hydrogen (secondary N) is 1. The molecule has 96 valence electrons. The van der Waals surface area contributed by atoms with Crippen LogP contribution in [-0.2, 0) is 4.79 Å². The van der Waals surface area contributed by atoms with Crippen LogP contribution < -0.4 is 5.32 Å². The molecule has 2 saturated heterocycles. The Balaban J connectivity index is 1.80. The Bertz CT molecular complexity index is 437. The molecule has 2 aliphatic rings. The lowest BCUT2D eigenvalue weighted by Crippen LogP contribution is -2.47. The van der Waals surface area contributed by atoms with Crippen LogP contribution in [0.25, 0.3) is 0 Å². The van der Waals surface area contributed by atoms with Gasteiger partial charge in [-0.2, -0.15) is 0 Å². The van der Waals surface area contributed by atoms with Gasteiger partial charge < -0.3 is 10.2 Å². The molecule has 1 spiro atoms. The molecule has 18 heavy (non-hydrogen) atoms. The van der Waals surface area contributed by atoms with Crippen LogP contribution in [0.3, 0.4) is 0 Å². The lowest BCUT2D eigenvalue weighted by molar-refractivity contribution is -0.134. The lowest BCUT2D eigenvalue weighted by Gasteiger charge is -2.28. The summed E-state index contributed by atoms with van der Waals surface area (Å²) in [6.45, 7) is 3.99. The number of carbonyl (C=O) groups is 1. The average molecular weight is 244 g/mol. The SMILES string of the molecule is CC(c1ccccc1)N1CC[C@@]2(CCCN2)C1=O. The number of amides is 1. The molecular weight excluding hydrogens is 224 g/mol. The van der Waals surface area contributed by atoms with Crippen LogP contribution in [0, 0.1) is 0 Å². The molecule has 3 nitrogen and oxygen atoms in total. The van der Waals surface area contributed by atoms with E-state index in [0.717, 1.165) is 32.4 Å². The molecule has 1 unspecified atom stereocenters. The summed E-state index contributed by atoms with van der Waals surface area (Å²) in [7, 11) is 0. The quantitative estimate of drug-likeness (QED) is 0.864. The van der Waals surface area contributed by atoms with E-state index in [1.54, 1.807) is 0 Å². The second-order valence-electron chi connectivity index (χ2n) is 5.45. The average Bonchev–Trinajstić information content (AvgIpc) is 3.01. The minimum atomic E-state index is -0.233. The third-order valence-electron chi connectivity index (χ3n) is 4.44. The molecule has 0 aliphatic carbocycles. The first-order chi connectivity index (χ1) is 8.73. The number of rotatable bonds is 2. The molecule has 1 N–H and O–H groups in total. The maximum atomic E-state index is 12.6. The van der Waals surface area contributed by atoms with Gasteiger partial charge in [-0.05, 0) is 38.3 Å². The van der Waals surface area contributed by atoms with Crippen molar-refractivity contribution in [1.82, 2.24) is 10.2 Å². The van der Waals surface area contributed by atoms with E-state index in [1.165, 1.54) is 5.56 Å². The smallest absolute Gasteiger partial charge is 0.243 e. The second kappa shape index (κ2) is 4.39. The third kappa shape index (κ3) is 1.74. The number of benzene rings is 1. The molecule has 3 heteroatoms. The zero-order chi connectivity index (χ0) is 12.6. The summed E-state index contributed by atoms with van der Waals surface area (Å²) >= 11 is 0. The van der Waals surface area contributed by atoms with Gasteiger partial charge in [0.15, 0.2) is 0 Å². The van der Waals surface area contributed by atoms with Crippen LogP contribution >= 0.6 is 0 Å². The Morgan fingerprint density at radius 1 is 1.28 bits per heavy atom. The molecule has 0 bridgehead atoms. The topological polar surface area (TPSA) is 32.3 Å². The Morgan fingerprint density at radius 2 is 2.06 bits per heavy atom. The maximum Gasteiger partial charge on any atom is 0.243 e. The fraction of sp³-hybridized carbons (Fsp3) is 0.533. The van der Waals surface area contributed by atoms with Crippen molar-refractivity contribution < 1.29 is 4.79 Å². The Morgan fingerprint density at radius 3 is 2.72 bits per heavy atom. The highest BCUT2D eigenvalue weighted by Crippen LogP contribution is 2.35. The third-order valence-corrected chi connectivity index (χ3v) is 4.44. The zero-order valence-corrected chi connectivity index (χ0v) is 10.9. The molecular formula is C15H20N2O. The van der Waals surface area contributed by atoms with Crippen molar-refractivity contribution in [2.24, 2.45) is 0 Å². The van der Waals surface area contributed by atoms with Crippen molar-refractivity contribution in [3.05, 3.63) is 35.9 Å². The van der Waals surface area contributed by atoms with Crippen LogP contribution in [-0.4, -0.2) is 29.4 Å². The minimum Gasteiger partial charge on any atom is -0.334 e. The zero-order valence-electron chi connectivity index (χ0n) is 10.9. The van der Waals surface area contributed by atoms with E-state index in [1.807, 2.05) is 23.1 Å². The van der Waals surface area contributed by atoms with Crippen molar-refractivity contribution in [2.45, 2.75) is 37.8 Å². The van der Waals surface area contributed by atoms with E-state index in [2.05, 4.69) is 24.4 Å². The summed E-state index contributed by atoms with van der Waals surface area (Å²) in [6, 6.07) is 10.5. The molecule has 1 aromatic rings. The molecule has 0 radical (unpaired) electrons. The van der Waals surface area contributed by atoms with E-state index in [4.69, 9.17) is 0 Å².